The van der Waals surface area contributed by atoms with Gasteiger partial charge in [0, 0.05) is 6.04 Å². The molecule has 1 unspecified atom stereocenters. The zero-order valence-corrected chi connectivity index (χ0v) is 11.0. The van der Waals surface area contributed by atoms with Gasteiger partial charge in [-0.05, 0) is 49.9 Å². The fourth-order valence-electron chi connectivity index (χ4n) is 1.89. The van der Waals surface area contributed by atoms with Crippen LogP contribution in [0.3, 0.4) is 0 Å². The predicted molar refractivity (Wildman–Crippen MR) is 68.8 cm³/mol. The van der Waals surface area contributed by atoms with Crippen LogP contribution in [0.4, 0.5) is 0 Å². The third-order valence-corrected chi connectivity index (χ3v) is 2.97. The van der Waals surface area contributed by atoms with Crippen molar-refractivity contribution in [1.29, 1.82) is 0 Å². The van der Waals surface area contributed by atoms with Gasteiger partial charge in [-0.1, -0.05) is 12.1 Å². The first kappa shape index (κ1) is 13.7. The third-order valence-electron chi connectivity index (χ3n) is 2.97. The van der Waals surface area contributed by atoms with E-state index in [2.05, 4.69) is 26.0 Å². The van der Waals surface area contributed by atoms with Crippen molar-refractivity contribution < 1.29 is 9.53 Å². The quantitative estimate of drug-likeness (QED) is 0.816. The lowest BCUT2D eigenvalue weighted by Crippen LogP contribution is -2.18. The van der Waals surface area contributed by atoms with E-state index in [0.29, 0.717) is 6.61 Å². The first-order chi connectivity index (χ1) is 7.95. The minimum Gasteiger partial charge on any atom is -0.466 e. The van der Waals surface area contributed by atoms with Crippen LogP contribution >= 0.6 is 0 Å². The molecule has 3 nitrogen and oxygen atoms in total. The second kappa shape index (κ2) is 5.82. The molecule has 17 heavy (non-hydrogen) atoms. The zero-order chi connectivity index (χ0) is 13.0. The summed E-state index contributed by atoms with van der Waals surface area (Å²) in [5.74, 6) is -0.238. The second-order valence-corrected chi connectivity index (χ2v) is 4.41. The Kier molecular flexibility index (Phi) is 4.70. The van der Waals surface area contributed by atoms with Gasteiger partial charge in [-0.25, -0.2) is 0 Å². The molecule has 0 heterocycles. The van der Waals surface area contributed by atoms with Crippen LogP contribution in [0, 0.1) is 20.8 Å². The fraction of sp³-hybridized carbons (Fsp3) is 0.500. The molecule has 0 amide bonds. The molecule has 0 aliphatic heterocycles. The highest BCUT2D eigenvalue weighted by Crippen LogP contribution is 2.22. The Morgan fingerprint density at radius 2 is 1.82 bits per heavy atom. The smallest absolute Gasteiger partial charge is 0.307 e. The number of carbonyl (C=O) groups is 1. The predicted octanol–water partition coefficient (Wildman–Crippen LogP) is 2.56. The first-order valence-electron chi connectivity index (χ1n) is 5.94. The minimum atomic E-state index is -0.284. The summed E-state index contributed by atoms with van der Waals surface area (Å²) in [7, 11) is 0. The molecule has 0 fully saturated rings. The van der Waals surface area contributed by atoms with Gasteiger partial charge < -0.3 is 10.5 Å². The highest BCUT2D eigenvalue weighted by Gasteiger charge is 2.15. The molecule has 2 N–H and O–H groups in total. The Labute approximate surface area is 103 Å². The van der Waals surface area contributed by atoms with E-state index in [1.54, 1.807) is 6.92 Å². The highest BCUT2D eigenvalue weighted by atomic mass is 16.5. The molecule has 94 valence electrons. The summed E-state index contributed by atoms with van der Waals surface area (Å²) < 4.78 is 4.91. The molecule has 0 saturated carbocycles. The Morgan fingerprint density at radius 1 is 1.24 bits per heavy atom. The van der Waals surface area contributed by atoms with Gasteiger partial charge in [0.15, 0.2) is 0 Å². The molecule has 0 aromatic heterocycles. The Morgan fingerprint density at radius 3 is 2.41 bits per heavy atom. The van der Waals surface area contributed by atoms with Gasteiger partial charge in [-0.2, -0.15) is 0 Å². The van der Waals surface area contributed by atoms with E-state index in [1.807, 2.05) is 6.92 Å². The van der Waals surface area contributed by atoms with Crippen LogP contribution in [0.1, 0.15) is 41.6 Å². The normalized spacial score (nSPS) is 12.3. The van der Waals surface area contributed by atoms with Crippen molar-refractivity contribution >= 4 is 5.97 Å². The van der Waals surface area contributed by atoms with E-state index in [0.717, 1.165) is 11.1 Å². The number of carbonyl (C=O) groups excluding carboxylic acids is 1. The van der Waals surface area contributed by atoms with Gasteiger partial charge in [0.2, 0.25) is 0 Å². The molecule has 0 aliphatic rings. The summed E-state index contributed by atoms with van der Waals surface area (Å²) in [5, 5.41) is 0. The molecule has 0 radical (unpaired) electrons. The molecule has 1 aromatic carbocycles. The highest BCUT2D eigenvalue weighted by molar-refractivity contribution is 5.70. The largest absolute Gasteiger partial charge is 0.466 e. The number of rotatable bonds is 4. The first-order valence-corrected chi connectivity index (χ1v) is 5.94. The van der Waals surface area contributed by atoms with Crippen molar-refractivity contribution in [3.05, 3.63) is 34.4 Å². The number of benzene rings is 1. The van der Waals surface area contributed by atoms with Crippen LogP contribution in [0.15, 0.2) is 12.1 Å². The second-order valence-electron chi connectivity index (χ2n) is 4.41. The van der Waals surface area contributed by atoms with Crippen molar-refractivity contribution in [2.45, 2.75) is 40.2 Å². The number of ether oxygens (including phenoxy) is 1. The molecule has 1 rings (SSSR count). The topological polar surface area (TPSA) is 52.3 Å². The molecule has 0 saturated heterocycles. The van der Waals surface area contributed by atoms with Gasteiger partial charge in [-0.3, -0.25) is 4.79 Å². The van der Waals surface area contributed by atoms with Gasteiger partial charge in [-0.15, -0.1) is 0 Å². The summed E-state index contributed by atoms with van der Waals surface area (Å²) in [6, 6.07) is 3.89. The third kappa shape index (κ3) is 3.56. The van der Waals surface area contributed by atoms with Crippen LogP contribution in [0.2, 0.25) is 0 Å². The van der Waals surface area contributed by atoms with Crippen LogP contribution in [0.25, 0.3) is 0 Å². The number of aryl methyl sites for hydroxylation is 3. The number of esters is 1. The Balaban J connectivity index is 2.85. The van der Waals surface area contributed by atoms with Crippen LogP contribution < -0.4 is 5.73 Å². The van der Waals surface area contributed by atoms with E-state index in [9.17, 15) is 4.79 Å². The summed E-state index contributed by atoms with van der Waals surface area (Å²) in [4.78, 5) is 11.4. The Bertz CT molecular complexity index is 413. The van der Waals surface area contributed by atoms with E-state index >= 15 is 0 Å². The molecular formula is C14H21NO2. The number of nitrogens with two attached hydrogens (primary N) is 1. The molecule has 0 bridgehead atoms. The van der Waals surface area contributed by atoms with Crippen LogP contribution in [-0.4, -0.2) is 12.6 Å². The maximum absolute atomic E-state index is 11.4. The molecule has 0 spiro atoms. The number of hydrogen-bond donors (Lipinski definition) is 1. The molecule has 0 aliphatic carbocycles. The fourth-order valence-corrected chi connectivity index (χ4v) is 1.89. The average Bonchev–Trinajstić information content (AvgIpc) is 2.23. The van der Waals surface area contributed by atoms with Crippen LogP contribution in [-0.2, 0) is 9.53 Å². The molecule has 3 heteroatoms. The van der Waals surface area contributed by atoms with Crippen molar-refractivity contribution in [3.63, 3.8) is 0 Å². The average molecular weight is 235 g/mol. The maximum Gasteiger partial charge on any atom is 0.307 e. The maximum atomic E-state index is 11.4. The van der Waals surface area contributed by atoms with Gasteiger partial charge in [0.1, 0.15) is 0 Å². The summed E-state index contributed by atoms with van der Waals surface area (Å²) in [6.07, 6.45) is 0.233. The standard InChI is InChI=1S/C14H21NO2/c1-5-17-14(16)8-13(15)12-7-10(3)9(2)6-11(12)4/h6-7,13H,5,8,15H2,1-4H3. The van der Waals surface area contributed by atoms with E-state index < -0.39 is 0 Å². The van der Waals surface area contributed by atoms with Crippen molar-refractivity contribution in [2.75, 3.05) is 6.61 Å². The Hall–Kier alpha value is -1.35. The van der Waals surface area contributed by atoms with Crippen molar-refractivity contribution in [3.8, 4) is 0 Å². The monoisotopic (exact) mass is 235 g/mol. The van der Waals surface area contributed by atoms with E-state index in [-0.39, 0.29) is 18.4 Å². The summed E-state index contributed by atoms with van der Waals surface area (Å²) in [6.45, 7) is 8.34. The van der Waals surface area contributed by atoms with Crippen LogP contribution in [0.5, 0.6) is 0 Å². The summed E-state index contributed by atoms with van der Waals surface area (Å²) >= 11 is 0. The molecule has 1 aromatic rings. The van der Waals surface area contributed by atoms with Gasteiger partial charge >= 0.3 is 5.97 Å². The summed E-state index contributed by atoms with van der Waals surface area (Å²) in [5.41, 5.74) is 10.6. The number of hydrogen-bond acceptors (Lipinski definition) is 3. The lowest BCUT2D eigenvalue weighted by molar-refractivity contribution is -0.143. The molecular weight excluding hydrogens is 214 g/mol. The lowest BCUT2D eigenvalue weighted by Gasteiger charge is -2.16. The molecule has 1 atom stereocenters. The van der Waals surface area contributed by atoms with E-state index in [4.69, 9.17) is 10.5 Å². The van der Waals surface area contributed by atoms with E-state index in [1.165, 1.54) is 11.1 Å². The zero-order valence-electron chi connectivity index (χ0n) is 11.0. The van der Waals surface area contributed by atoms with Crippen molar-refractivity contribution in [1.82, 2.24) is 0 Å². The SMILES string of the molecule is CCOC(=O)CC(N)c1cc(C)c(C)cc1C. The minimum absolute atomic E-state index is 0.233. The van der Waals surface area contributed by atoms with Gasteiger partial charge in [0.05, 0.1) is 13.0 Å². The lowest BCUT2D eigenvalue weighted by atomic mass is 9.95. The van der Waals surface area contributed by atoms with Crippen molar-refractivity contribution in [2.24, 2.45) is 5.73 Å². The van der Waals surface area contributed by atoms with Gasteiger partial charge in [0.25, 0.3) is 0 Å².